The molecule has 4 heterocycles. The Labute approximate surface area is 163 Å². The minimum atomic E-state index is 0.114. The van der Waals surface area contributed by atoms with Gasteiger partial charge in [0.25, 0.3) is 0 Å². The van der Waals surface area contributed by atoms with E-state index in [1.54, 1.807) is 31.1 Å². The third-order valence-corrected chi connectivity index (χ3v) is 5.11. The molecule has 0 saturated carbocycles. The Morgan fingerprint density at radius 1 is 1.18 bits per heavy atom. The minimum absolute atomic E-state index is 0.114. The molecule has 3 aromatic heterocycles. The molecular weight excluding hydrogens is 360 g/mol. The van der Waals surface area contributed by atoms with E-state index in [4.69, 9.17) is 14.2 Å². The highest BCUT2D eigenvalue weighted by molar-refractivity contribution is 5.76. The molecule has 28 heavy (non-hydrogen) atoms. The zero-order valence-electron chi connectivity index (χ0n) is 16.5. The molecule has 4 rings (SSSR count). The minimum Gasteiger partial charge on any atom is -0.480 e. The number of anilines is 1. The van der Waals surface area contributed by atoms with E-state index in [-0.39, 0.29) is 11.4 Å². The van der Waals surface area contributed by atoms with Crippen molar-refractivity contribution in [1.82, 2.24) is 24.6 Å². The summed E-state index contributed by atoms with van der Waals surface area (Å²) >= 11 is 0. The van der Waals surface area contributed by atoms with Crippen molar-refractivity contribution in [3.8, 4) is 23.1 Å². The van der Waals surface area contributed by atoms with E-state index in [0.717, 1.165) is 37.5 Å². The number of rotatable bonds is 6. The zero-order valence-corrected chi connectivity index (χ0v) is 16.5. The number of hydrogen-bond donors (Lipinski definition) is 0. The molecule has 148 valence electrons. The van der Waals surface area contributed by atoms with Crippen LogP contribution in [0.1, 0.15) is 13.3 Å². The Hall–Kier alpha value is -2.94. The lowest BCUT2D eigenvalue weighted by Gasteiger charge is -2.25. The summed E-state index contributed by atoms with van der Waals surface area (Å²) in [6.07, 6.45) is 6.31. The highest BCUT2D eigenvalue weighted by atomic mass is 16.5. The maximum Gasteiger partial charge on any atom is 0.319 e. The van der Waals surface area contributed by atoms with Crippen molar-refractivity contribution in [2.45, 2.75) is 13.3 Å². The van der Waals surface area contributed by atoms with Gasteiger partial charge in [0.15, 0.2) is 5.65 Å². The average Bonchev–Trinajstić information content (AvgIpc) is 3.33. The molecule has 0 radical (unpaired) electrons. The smallest absolute Gasteiger partial charge is 0.319 e. The lowest BCUT2D eigenvalue weighted by molar-refractivity contribution is 0.106. The van der Waals surface area contributed by atoms with Crippen LogP contribution in [0.4, 0.5) is 5.69 Å². The molecule has 0 aliphatic carbocycles. The van der Waals surface area contributed by atoms with Gasteiger partial charge in [-0.3, -0.25) is 0 Å². The lowest BCUT2D eigenvalue weighted by atomic mass is 9.91. The van der Waals surface area contributed by atoms with Gasteiger partial charge in [-0.2, -0.15) is 10.1 Å². The van der Waals surface area contributed by atoms with Gasteiger partial charge in [-0.1, -0.05) is 6.92 Å². The van der Waals surface area contributed by atoms with Crippen molar-refractivity contribution in [3.05, 3.63) is 24.7 Å². The van der Waals surface area contributed by atoms with Crippen LogP contribution in [0.25, 0.3) is 16.9 Å². The number of fused-ring (bicyclic) bond motifs is 1. The van der Waals surface area contributed by atoms with Crippen molar-refractivity contribution >= 4 is 11.3 Å². The molecule has 9 heteroatoms. The quantitative estimate of drug-likeness (QED) is 0.638. The third-order valence-electron chi connectivity index (χ3n) is 5.11. The van der Waals surface area contributed by atoms with E-state index < -0.39 is 0 Å². The number of hydrogen-bond acceptors (Lipinski definition) is 8. The lowest BCUT2D eigenvalue weighted by Crippen LogP contribution is -2.28. The predicted octanol–water partition coefficient (Wildman–Crippen LogP) is 2.07. The molecule has 0 spiro atoms. The molecular formula is C19H24N6O3. The first kappa shape index (κ1) is 18.4. The van der Waals surface area contributed by atoms with Gasteiger partial charge >= 0.3 is 6.01 Å². The number of imidazole rings is 1. The molecule has 0 amide bonds. The number of methoxy groups -OCH3 is 3. The van der Waals surface area contributed by atoms with Crippen LogP contribution in [0.5, 0.6) is 11.9 Å². The van der Waals surface area contributed by atoms with Gasteiger partial charge in [-0.15, -0.1) is 0 Å². The van der Waals surface area contributed by atoms with Crippen LogP contribution in [-0.4, -0.2) is 65.6 Å². The molecule has 1 aliphatic heterocycles. The van der Waals surface area contributed by atoms with E-state index in [2.05, 4.69) is 31.9 Å². The maximum absolute atomic E-state index is 5.44. The van der Waals surface area contributed by atoms with Gasteiger partial charge in [0, 0.05) is 44.2 Å². The van der Waals surface area contributed by atoms with E-state index in [9.17, 15) is 0 Å². The molecule has 0 N–H and O–H groups in total. The first-order valence-electron chi connectivity index (χ1n) is 9.10. The fourth-order valence-corrected chi connectivity index (χ4v) is 3.74. The van der Waals surface area contributed by atoms with E-state index in [0.29, 0.717) is 17.1 Å². The molecule has 1 fully saturated rings. The second-order valence-corrected chi connectivity index (χ2v) is 7.31. The molecule has 1 atom stereocenters. The summed E-state index contributed by atoms with van der Waals surface area (Å²) in [5.74, 6) is 0.412. The fourth-order valence-electron chi connectivity index (χ4n) is 3.74. The third kappa shape index (κ3) is 3.22. The van der Waals surface area contributed by atoms with Crippen LogP contribution >= 0.6 is 0 Å². The Balaban J connectivity index is 1.79. The van der Waals surface area contributed by atoms with Crippen molar-refractivity contribution in [2.24, 2.45) is 5.41 Å². The Morgan fingerprint density at radius 3 is 2.79 bits per heavy atom. The van der Waals surface area contributed by atoms with Crippen LogP contribution in [-0.2, 0) is 4.74 Å². The van der Waals surface area contributed by atoms with E-state index in [1.807, 2.05) is 12.3 Å². The topological polar surface area (TPSA) is 86.9 Å². The van der Waals surface area contributed by atoms with E-state index in [1.165, 1.54) is 7.11 Å². The monoisotopic (exact) mass is 384 g/mol. The summed E-state index contributed by atoms with van der Waals surface area (Å²) < 4.78 is 17.7. The summed E-state index contributed by atoms with van der Waals surface area (Å²) in [5.41, 5.74) is 3.36. The Morgan fingerprint density at radius 2 is 2.04 bits per heavy atom. The molecule has 0 bridgehead atoms. The van der Waals surface area contributed by atoms with Crippen molar-refractivity contribution < 1.29 is 14.2 Å². The summed E-state index contributed by atoms with van der Waals surface area (Å²) in [7, 11) is 4.84. The zero-order chi connectivity index (χ0) is 19.7. The summed E-state index contributed by atoms with van der Waals surface area (Å²) in [5, 5.41) is 4.68. The van der Waals surface area contributed by atoms with Crippen LogP contribution in [0.3, 0.4) is 0 Å². The SMILES string of the molecule is COCC1(C)CCN(c2cc(-c3cnc(OC)nc3OC)nn3ccnc23)C1. The second kappa shape index (κ2) is 7.23. The number of aromatic nitrogens is 5. The summed E-state index contributed by atoms with van der Waals surface area (Å²) in [6.45, 7) is 4.80. The highest BCUT2D eigenvalue weighted by Crippen LogP contribution is 2.37. The van der Waals surface area contributed by atoms with Crippen molar-refractivity contribution in [2.75, 3.05) is 45.9 Å². The van der Waals surface area contributed by atoms with Crippen molar-refractivity contribution in [3.63, 3.8) is 0 Å². The van der Waals surface area contributed by atoms with Gasteiger partial charge < -0.3 is 19.1 Å². The molecule has 9 nitrogen and oxygen atoms in total. The fraction of sp³-hybridized carbons (Fsp3) is 0.474. The van der Waals surface area contributed by atoms with Gasteiger partial charge in [0.1, 0.15) is 5.69 Å². The molecule has 3 aromatic rings. The average molecular weight is 384 g/mol. The van der Waals surface area contributed by atoms with Gasteiger partial charge in [0.05, 0.1) is 32.1 Å². The Kier molecular flexibility index (Phi) is 4.76. The second-order valence-electron chi connectivity index (χ2n) is 7.31. The highest BCUT2D eigenvalue weighted by Gasteiger charge is 2.35. The molecule has 1 aliphatic rings. The van der Waals surface area contributed by atoms with Crippen molar-refractivity contribution in [1.29, 1.82) is 0 Å². The largest absolute Gasteiger partial charge is 0.480 e. The van der Waals surface area contributed by atoms with Gasteiger partial charge in [-0.25, -0.2) is 14.5 Å². The van der Waals surface area contributed by atoms with Gasteiger partial charge in [0.2, 0.25) is 5.88 Å². The Bertz CT molecular complexity index is 991. The molecule has 1 saturated heterocycles. The molecule has 1 unspecified atom stereocenters. The normalized spacial score (nSPS) is 19.4. The van der Waals surface area contributed by atoms with Crippen LogP contribution in [0.15, 0.2) is 24.7 Å². The predicted molar refractivity (Wildman–Crippen MR) is 104 cm³/mol. The first-order valence-corrected chi connectivity index (χ1v) is 9.10. The standard InChI is InChI=1S/C19H24N6O3/c1-19(12-26-2)5-7-24(11-19)15-9-14(23-25-8-6-20-16(15)25)13-10-21-18(28-4)22-17(13)27-3/h6,8-10H,5,7,11-12H2,1-4H3. The van der Waals surface area contributed by atoms with Crippen LogP contribution in [0.2, 0.25) is 0 Å². The molecule has 0 aromatic carbocycles. The number of ether oxygens (including phenoxy) is 3. The van der Waals surface area contributed by atoms with Crippen LogP contribution < -0.4 is 14.4 Å². The van der Waals surface area contributed by atoms with E-state index >= 15 is 0 Å². The number of nitrogens with zero attached hydrogens (tertiary/aromatic N) is 6. The summed E-state index contributed by atoms with van der Waals surface area (Å²) in [4.78, 5) is 15.3. The first-order chi connectivity index (χ1) is 13.6. The van der Waals surface area contributed by atoms with Gasteiger partial charge in [-0.05, 0) is 12.5 Å². The van der Waals surface area contributed by atoms with Crippen LogP contribution in [0, 0.1) is 5.41 Å². The maximum atomic E-state index is 5.44. The summed E-state index contributed by atoms with van der Waals surface area (Å²) in [6, 6.07) is 2.27.